The summed E-state index contributed by atoms with van der Waals surface area (Å²) in [6.45, 7) is 2.29. The molecule has 0 saturated carbocycles. The molecule has 0 fully saturated rings. The van der Waals surface area contributed by atoms with E-state index in [0.29, 0.717) is 29.6 Å². The number of nitrogens with one attached hydrogen (secondary N) is 1. The number of carbonyl (C=O) groups is 2. The Morgan fingerprint density at radius 3 is 2.36 bits per heavy atom. The third-order valence-corrected chi connectivity index (χ3v) is 4.42. The first-order chi connectivity index (χ1) is 12.0. The number of carbonyl (C=O) groups excluding carboxylic acids is 2. The van der Waals surface area contributed by atoms with Gasteiger partial charge in [-0.05, 0) is 35.7 Å². The maximum atomic E-state index is 12.1. The highest BCUT2D eigenvalue weighted by Crippen LogP contribution is 2.14. The van der Waals surface area contributed by atoms with Crippen molar-refractivity contribution in [2.45, 2.75) is 19.9 Å². The summed E-state index contributed by atoms with van der Waals surface area (Å²) in [5.74, 6) is -0.354. The molecule has 4 nitrogen and oxygen atoms in total. The van der Waals surface area contributed by atoms with Gasteiger partial charge in [-0.15, -0.1) is 0 Å². The molecule has 2 aromatic rings. The summed E-state index contributed by atoms with van der Waals surface area (Å²) >= 11 is 11.9. The highest BCUT2D eigenvalue weighted by atomic mass is 35.5. The molecule has 0 aromatic heterocycles. The van der Waals surface area contributed by atoms with Crippen LogP contribution in [0, 0.1) is 0 Å². The number of hydrogen-bond donors (Lipinski definition) is 1. The van der Waals surface area contributed by atoms with E-state index in [1.807, 2.05) is 42.5 Å². The maximum Gasteiger partial charge on any atom is 0.239 e. The summed E-state index contributed by atoms with van der Waals surface area (Å²) in [5.41, 5.74) is 1.90. The van der Waals surface area contributed by atoms with Crippen molar-refractivity contribution in [3.8, 4) is 0 Å². The van der Waals surface area contributed by atoms with Crippen molar-refractivity contribution in [1.29, 1.82) is 0 Å². The summed E-state index contributed by atoms with van der Waals surface area (Å²) in [6, 6.07) is 14.8. The van der Waals surface area contributed by atoms with Gasteiger partial charge in [0, 0.05) is 30.1 Å². The summed E-state index contributed by atoms with van der Waals surface area (Å²) in [5, 5.41) is 4.07. The van der Waals surface area contributed by atoms with Crippen molar-refractivity contribution >= 4 is 35.0 Å². The van der Waals surface area contributed by atoms with Crippen LogP contribution in [0.5, 0.6) is 0 Å². The second kappa shape index (κ2) is 9.44. The van der Waals surface area contributed by atoms with Gasteiger partial charge in [0.15, 0.2) is 0 Å². The molecule has 2 rings (SSSR count). The van der Waals surface area contributed by atoms with Crippen LogP contribution in [-0.4, -0.2) is 29.8 Å². The lowest BCUT2D eigenvalue weighted by Crippen LogP contribution is -2.40. The monoisotopic (exact) mass is 378 g/mol. The van der Waals surface area contributed by atoms with Gasteiger partial charge in [-0.25, -0.2) is 0 Å². The first-order valence-corrected chi connectivity index (χ1v) is 8.71. The van der Waals surface area contributed by atoms with E-state index in [9.17, 15) is 9.59 Å². The van der Waals surface area contributed by atoms with Crippen LogP contribution in [0.15, 0.2) is 48.5 Å². The quantitative estimate of drug-likeness (QED) is 0.798. The smallest absolute Gasteiger partial charge is 0.239 e. The van der Waals surface area contributed by atoms with Crippen LogP contribution in [0.4, 0.5) is 0 Å². The van der Waals surface area contributed by atoms with E-state index in [4.69, 9.17) is 23.2 Å². The zero-order valence-electron chi connectivity index (χ0n) is 14.0. The predicted molar refractivity (Wildman–Crippen MR) is 101 cm³/mol. The molecule has 2 aromatic carbocycles. The highest BCUT2D eigenvalue weighted by molar-refractivity contribution is 6.31. The molecule has 0 spiro atoms. The molecule has 6 heteroatoms. The zero-order chi connectivity index (χ0) is 18.2. The molecule has 25 heavy (non-hydrogen) atoms. The van der Waals surface area contributed by atoms with Crippen molar-refractivity contribution in [1.82, 2.24) is 10.2 Å². The van der Waals surface area contributed by atoms with E-state index in [0.717, 1.165) is 11.1 Å². The summed E-state index contributed by atoms with van der Waals surface area (Å²) in [6.07, 6.45) is 0.661. The molecule has 0 aliphatic rings. The van der Waals surface area contributed by atoms with E-state index in [1.165, 1.54) is 11.8 Å². The minimum absolute atomic E-state index is 0.0212. The van der Waals surface area contributed by atoms with Gasteiger partial charge >= 0.3 is 0 Å². The highest BCUT2D eigenvalue weighted by Gasteiger charge is 2.13. The van der Waals surface area contributed by atoms with Crippen LogP contribution in [0.3, 0.4) is 0 Å². The van der Waals surface area contributed by atoms with Gasteiger partial charge in [0.2, 0.25) is 11.8 Å². The Bertz CT molecular complexity index is 732. The van der Waals surface area contributed by atoms with Crippen molar-refractivity contribution in [2.75, 3.05) is 13.1 Å². The van der Waals surface area contributed by atoms with Gasteiger partial charge < -0.3 is 10.2 Å². The van der Waals surface area contributed by atoms with Gasteiger partial charge in [0.1, 0.15) is 0 Å². The Hall–Kier alpha value is -2.04. The van der Waals surface area contributed by atoms with Crippen molar-refractivity contribution in [3.63, 3.8) is 0 Å². The van der Waals surface area contributed by atoms with Crippen LogP contribution in [-0.2, 0) is 22.6 Å². The normalized spacial score (nSPS) is 10.4. The topological polar surface area (TPSA) is 49.4 Å². The van der Waals surface area contributed by atoms with Crippen LogP contribution in [0.25, 0.3) is 0 Å². The molecule has 0 aliphatic heterocycles. The van der Waals surface area contributed by atoms with E-state index in [1.54, 1.807) is 6.07 Å². The molecule has 0 atom stereocenters. The Balaban J connectivity index is 1.85. The summed E-state index contributed by atoms with van der Waals surface area (Å²) < 4.78 is 0. The number of hydrogen-bond acceptors (Lipinski definition) is 2. The minimum Gasteiger partial charge on any atom is -0.350 e. The number of halogens is 2. The number of nitrogens with zero attached hydrogens (tertiary/aromatic N) is 1. The molecule has 132 valence electrons. The fraction of sp³-hybridized carbons (Fsp3) is 0.263. The molecule has 0 bridgehead atoms. The first kappa shape index (κ1) is 19.3. The van der Waals surface area contributed by atoms with Crippen LogP contribution in [0.2, 0.25) is 10.0 Å². The van der Waals surface area contributed by atoms with E-state index < -0.39 is 0 Å². The van der Waals surface area contributed by atoms with Crippen LogP contribution >= 0.6 is 23.2 Å². The minimum atomic E-state index is -0.216. The lowest BCUT2D eigenvalue weighted by Gasteiger charge is -2.20. The molecule has 0 unspecified atom stereocenters. The Morgan fingerprint density at radius 2 is 1.72 bits per heavy atom. The van der Waals surface area contributed by atoms with Gasteiger partial charge in [-0.3, -0.25) is 9.59 Å². The molecule has 0 radical (unpaired) electrons. The summed E-state index contributed by atoms with van der Waals surface area (Å²) in [7, 11) is 0. The second-order valence-electron chi connectivity index (χ2n) is 5.69. The molecule has 1 N–H and O–H groups in total. The fourth-order valence-electron chi connectivity index (χ4n) is 2.33. The zero-order valence-corrected chi connectivity index (χ0v) is 15.5. The SMILES string of the molecule is CC(=O)N(CCc1ccc(Cl)cc1)CC(=O)NCc1ccccc1Cl. The average Bonchev–Trinajstić information content (AvgIpc) is 2.59. The van der Waals surface area contributed by atoms with E-state index >= 15 is 0 Å². The molecule has 0 heterocycles. The third kappa shape index (κ3) is 6.40. The molecule has 2 amide bonds. The van der Waals surface area contributed by atoms with E-state index in [-0.39, 0.29) is 18.4 Å². The van der Waals surface area contributed by atoms with E-state index in [2.05, 4.69) is 5.32 Å². The van der Waals surface area contributed by atoms with Crippen LogP contribution in [0.1, 0.15) is 18.1 Å². The largest absolute Gasteiger partial charge is 0.350 e. The van der Waals surface area contributed by atoms with Gasteiger partial charge in [-0.2, -0.15) is 0 Å². The van der Waals surface area contributed by atoms with Crippen molar-refractivity contribution in [2.24, 2.45) is 0 Å². The average molecular weight is 379 g/mol. The standard InChI is InChI=1S/C19H20Cl2N2O2/c1-14(24)23(11-10-15-6-8-17(20)9-7-15)13-19(25)22-12-16-4-2-3-5-18(16)21/h2-9H,10-13H2,1H3,(H,22,25). The van der Waals surface area contributed by atoms with Crippen LogP contribution < -0.4 is 5.32 Å². The Morgan fingerprint density at radius 1 is 1.04 bits per heavy atom. The predicted octanol–water partition coefficient (Wildman–Crippen LogP) is 3.70. The lowest BCUT2D eigenvalue weighted by atomic mass is 10.1. The third-order valence-electron chi connectivity index (χ3n) is 3.80. The number of amides is 2. The molecular formula is C19H20Cl2N2O2. The molecule has 0 saturated heterocycles. The van der Waals surface area contributed by atoms with Gasteiger partial charge in [-0.1, -0.05) is 53.5 Å². The molecular weight excluding hydrogens is 359 g/mol. The molecule has 0 aliphatic carbocycles. The Kier molecular flexibility index (Phi) is 7.29. The number of benzene rings is 2. The number of rotatable bonds is 7. The second-order valence-corrected chi connectivity index (χ2v) is 6.53. The Labute approximate surface area is 157 Å². The lowest BCUT2D eigenvalue weighted by molar-refractivity contribution is -0.134. The summed E-state index contributed by atoms with van der Waals surface area (Å²) in [4.78, 5) is 25.4. The van der Waals surface area contributed by atoms with Crippen molar-refractivity contribution < 1.29 is 9.59 Å². The van der Waals surface area contributed by atoms with Crippen molar-refractivity contribution in [3.05, 3.63) is 69.7 Å². The van der Waals surface area contributed by atoms with Gasteiger partial charge in [0.05, 0.1) is 6.54 Å². The first-order valence-electron chi connectivity index (χ1n) is 7.96. The maximum absolute atomic E-state index is 12.1. The van der Waals surface area contributed by atoms with Gasteiger partial charge in [0.25, 0.3) is 0 Å². The fourth-order valence-corrected chi connectivity index (χ4v) is 2.66.